The fraction of sp³-hybridized carbons (Fsp3) is 0.267. The van der Waals surface area contributed by atoms with E-state index < -0.39 is 17.6 Å². The van der Waals surface area contributed by atoms with Crippen LogP contribution in [0.4, 0.5) is 19.0 Å². The van der Waals surface area contributed by atoms with Gasteiger partial charge in [-0.3, -0.25) is 4.79 Å². The van der Waals surface area contributed by atoms with E-state index in [2.05, 4.69) is 25.8 Å². The Bertz CT molecular complexity index is 916. The van der Waals surface area contributed by atoms with E-state index in [1.807, 2.05) is 0 Å². The zero-order valence-electron chi connectivity index (χ0n) is 13.6. The molecule has 0 radical (unpaired) electrons. The number of aromatic nitrogens is 6. The summed E-state index contributed by atoms with van der Waals surface area (Å²) in [6.07, 6.45) is -3.08. The number of nitrogens with zero attached hydrogens (tertiary/aromatic N) is 6. The third-order valence-corrected chi connectivity index (χ3v) is 3.46. The highest BCUT2D eigenvalue weighted by atomic mass is 19.4. The summed E-state index contributed by atoms with van der Waals surface area (Å²) in [5.74, 6) is 0.240. The molecule has 26 heavy (non-hydrogen) atoms. The zero-order valence-corrected chi connectivity index (χ0v) is 13.6. The summed E-state index contributed by atoms with van der Waals surface area (Å²) in [6.45, 7) is 1.32. The average Bonchev–Trinajstić information content (AvgIpc) is 3.16. The molecule has 0 spiro atoms. The molecule has 0 saturated carbocycles. The molecule has 2 aromatic heterocycles. The van der Waals surface area contributed by atoms with Crippen molar-refractivity contribution >= 4 is 11.7 Å². The van der Waals surface area contributed by atoms with Crippen molar-refractivity contribution in [1.82, 2.24) is 30.0 Å². The van der Waals surface area contributed by atoms with Gasteiger partial charge in [0.2, 0.25) is 5.91 Å². The number of alkyl halides is 3. The van der Waals surface area contributed by atoms with Crippen molar-refractivity contribution in [2.45, 2.75) is 26.2 Å². The van der Waals surface area contributed by atoms with Gasteiger partial charge in [-0.2, -0.15) is 23.1 Å². The van der Waals surface area contributed by atoms with Crippen LogP contribution in [0.3, 0.4) is 0 Å². The van der Waals surface area contributed by atoms with Gasteiger partial charge in [0.15, 0.2) is 5.82 Å². The van der Waals surface area contributed by atoms with E-state index in [4.69, 9.17) is 0 Å². The molecule has 0 unspecified atom stereocenters. The van der Waals surface area contributed by atoms with Crippen LogP contribution in [0.2, 0.25) is 0 Å². The smallest absolute Gasteiger partial charge is 0.309 e. The number of tetrazole rings is 1. The van der Waals surface area contributed by atoms with Crippen LogP contribution in [-0.4, -0.2) is 35.9 Å². The number of benzene rings is 1. The fourth-order valence-corrected chi connectivity index (χ4v) is 2.36. The Morgan fingerprint density at radius 3 is 2.69 bits per heavy atom. The van der Waals surface area contributed by atoms with Crippen molar-refractivity contribution in [1.29, 1.82) is 0 Å². The maximum absolute atomic E-state index is 13.1. The van der Waals surface area contributed by atoms with E-state index in [0.29, 0.717) is 5.82 Å². The Balaban J connectivity index is 1.74. The number of hydrogen-bond donors (Lipinski definition) is 1. The third-order valence-electron chi connectivity index (χ3n) is 3.46. The average molecular weight is 365 g/mol. The van der Waals surface area contributed by atoms with Crippen molar-refractivity contribution in [2.75, 3.05) is 5.32 Å². The second-order valence-electron chi connectivity index (χ2n) is 5.44. The van der Waals surface area contributed by atoms with Gasteiger partial charge in [0.05, 0.1) is 18.3 Å². The van der Waals surface area contributed by atoms with Gasteiger partial charge in [-0.15, -0.1) is 10.2 Å². The number of nitrogens with one attached hydrogen (secondary N) is 1. The van der Waals surface area contributed by atoms with E-state index in [0.717, 1.165) is 10.9 Å². The monoisotopic (exact) mass is 365 g/mol. The first-order valence-electron chi connectivity index (χ1n) is 7.54. The SMILES string of the molecule is Cc1nnn(CC(=O)Nc2ccnn2Cc2ccccc2C(F)(F)F)n1. The lowest BCUT2D eigenvalue weighted by Crippen LogP contribution is -2.22. The third kappa shape index (κ3) is 4.05. The molecule has 1 amide bonds. The van der Waals surface area contributed by atoms with Gasteiger partial charge >= 0.3 is 6.18 Å². The Hall–Kier alpha value is -3.24. The predicted octanol–water partition coefficient (Wildman–Crippen LogP) is 1.88. The quantitative estimate of drug-likeness (QED) is 0.746. The molecule has 11 heteroatoms. The second kappa shape index (κ2) is 6.94. The minimum Gasteiger partial charge on any atom is -0.309 e. The molecular formula is C15H14F3N7O. The molecule has 0 aliphatic rings. The van der Waals surface area contributed by atoms with Crippen LogP contribution in [0, 0.1) is 6.92 Å². The molecule has 136 valence electrons. The summed E-state index contributed by atoms with van der Waals surface area (Å²) in [6, 6.07) is 6.72. The number of halogens is 3. The Morgan fingerprint density at radius 2 is 2.00 bits per heavy atom. The van der Waals surface area contributed by atoms with Crippen molar-refractivity contribution < 1.29 is 18.0 Å². The van der Waals surface area contributed by atoms with Crippen LogP contribution in [-0.2, 0) is 24.1 Å². The maximum atomic E-state index is 13.1. The number of amides is 1. The summed E-state index contributed by atoms with van der Waals surface area (Å²) < 4.78 is 40.6. The number of carbonyl (C=O) groups excluding carboxylic acids is 1. The maximum Gasteiger partial charge on any atom is 0.416 e. The standard InChI is InChI=1S/C15H14F3N7O/c1-10-21-23-25(22-10)9-14(26)20-13-6-7-19-24(13)8-11-4-2-3-5-12(11)15(16,17)18/h2-7H,8-9H2,1H3,(H,20,26). The first kappa shape index (κ1) is 17.6. The lowest BCUT2D eigenvalue weighted by molar-refractivity contribution is -0.138. The zero-order chi connectivity index (χ0) is 18.7. The molecule has 0 fully saturated rings. The van der Waals surface area contributed by atoms with Crippen LogP contribution in [0.15, 0.2) is 36.5 Å². The van der Waals surface area contributed by atoms with Crippen LogP contribution >= 0.6 is 0 Å². The Kier molecular flexibility index (Phi) is 4.69. The topological polar surface area (TPSA) is 90.5 Å². The van der Waals surface area contributed by atoms with Crippen LogP contribution in [0.25, 0.3) is 0 Å². The van der Waals surface area contributed by atoms with E-state index >= 15 is 0 Å². The number of anilines is 1. The lowest BCUT2D eigenvalue weighted by Gasteiger charge is -2.14. The van der Waals surface area contributed by atoms with Crippen LogP contribution in [0.5, 0.6) is 0 Å². The van der Waals surface area contributed by atoms with E-state index in [1.54, 1.807) is 6.92 Å². The first-order chi connectivity index (χ1) is 12.3. The molecule has 0 bridgehead atoms. The molecule has 0 aliphatic carbocycles. The van der Waals surface area contributed by atoms with E-state index in [-0.39, 0.29) is 24.5 Å². The molecule has 8 nitrogen and oxygen atoms in total. The summed E-state index contributed by atoms with van der Waals surface area (Å²) in [5.41, 5.74) is -0.692. The van der Waals surface area contributed by atoms with Gasteiger partial charge < -0.3 is 5.32 Å². The normalized spacial score (nSPS) is 11.5. The number of carbonyl (C=O) groups is 1. The van der Waals surface area contributed by atoms with Crippen molar-refractivity contribution in [2.24, 2.45) is 0 Å². The highest BCUT2D eigenvalue weighted by Gasteiger charge is 2.33. The highest BCUT2D eigenvalue weighted by molar-refractivity contribution is 5.89. The Labute approximate surface area is 145 Å². The number of rotatable bonds is 5. The number of aryl methyl sites for hydroxylation is 1. The minimum absolute atomic E-state index is 0.0489. The van der Waals surface area contributed by atoms with Gasteiger partial charge in [0.25, 0.3) is 0 Å². The predicted molar refractivity (Wildman–Crippen MR) is 84.0 cm³/mol. The summed E-state index contributed by atoms with van der Waals surface area (Å²) in [5, 5.41) is 17.8. The van der Waals surface area contributed by atoms with E-state index in [9.17, 15) is 18.0 Å². The molecule has 1 aromatic carbocycles. The van der Waals surface area contributed by atoms with E-state index in [1.165, 1.54) is 35.1 Å². The fourth-order valence-electron chi connectivity index (χ4n) is 2.36. The summed E-state index contributed by atoms with van der Waals surface area (Å²) >= 11 is 0. The molecule has 0 aliphatic heterocycles. The lowest BCUT2D eigenvalue weighted by atomic mass is 10.1. The largest absolute Gasteiger partial charge is 0.416 e. The van der Waals surface area contributed by atoms with Gasteiger partial charge in [0.1, 0.15) is 12.4 Å². The molecule has 1 N–H and O–H groups in total. The molecular weight excluding hydrogens is 351 g/mol. The van der Waals surface area contributed by atoms with Crippen molar-refractivity contribution in [3.63, 3.8) is 0 Å². The molecule has 3 rings (SSSR count). The van der Waals surface area contributed by atoms with Crippen molar-refractivity contribution in [3.8, 4) is 0 Å². The molecule has 3 aromatic rings. The minimum atomic E-state index is -4.47. The van der Waals surface area contributed by atoms with Crippen LogP contribution < -0.4 is 5.32 Å². The first-order valence-corrected chi connectivity index (χ1v) is 7.54. The highest BCUT2D eigenvalue weighted by Crippen LogP contribution is 2.32. The molecule has 2 heterocycles. The second-order valence-corrected chi connectivity index (χ2v) is 5.44. The molecule has 0 saturated heterocycles. The summed E-state index contributed by atoms with van der Waals surface area (Å²) in [7, 11) is 0. The van der Waals surface area contributed by atoms with Crippen molar-refractivity contribution in [3.05, 3.63) is 53.5 Å². The van der Waals surface area contributed by atoms with Gasteiger partial charge in [-0.25, -0.2) is 4.68 Å². The Morgan fingerprint density at radius 1 is 1.23 bits per heavy atom. The number of hydrogen-bond acceptors (Lipinski definition) is 5. The van der Waals surface area contributed by atoms with Gasteiger partial charge in [0, 0.05) is 6.07 Å². The van der Waals surface area contributed by atoms with Gasteiger partial charge in [-0.05, 0) is 23.8 Å². The van der Waals surface area contributed by atoms with Gasteiger partial charge in [-0.1, -0.05) is 18.2 Å². The molecule has 0 atom stereocenters. The van der Waals surface area contributed by atoms with Crippen LogP contribution in [0.1, 0.15) is 17.0 Å². The summed E-state index contributed by atoms with van der Waals surface area (Å²) in [4.78, 5) is 13.2.